The van der Waals surface area contributed by atoms with Gasteiger partial charge < -0.3 is 15.5 Å². The van der Waals surface area contributed by atoms with Crippen molar-refractivity contribution in [3.8, 4) is 0 Å². The Morgan fingerprint density at radius 1 is 1.10 bits per heavy atom. The number of halogens is 1. The van der Waals surface area contributed by atoms with Gasteiger partial charge in [-0.25, -0.2) is 9.97 Å². The number of piperazine rings is 1. The molecule has 2 N–H and O–H groups in total. The minimum atomic E-state index is 0.156. The Kier molecular flexibility index (Phi) is 7.25. The standard InChI is InChI=1S/C23H32ClN7/c1-2-25-21(29-18-23(7-8-23)19-5-3-6-20(24)17-19)26-11-12-30-13-15-31(16-14-30)22-27-9-4-10-28-22/h3-6,9-10,17H,2,7-8,11-16,18H2,1H3,(H2,25,26,29). The van der Waals surface area contributed by atoms with Crippen molar-refractivity contribution in [1.82, 2.24) is 25.5 Å². The highest BCUT2D eigenvalue weighted by Crippen LogP contribution is 2.48. The van der Waals surface area contributed by atoms with Crippen LogP contribution >= 0.6 is 11.6 Å². The molecule has 31 heavy (non-hydrogen) atoms. The van der Waals surface area contributed by atoms with Gasteiger partial charge in [0.25, 0.3) is 0 Å². The molecule has 0 amide bonds. The predicted molar refractivity (Wildman–Crippen MR) is 127 cm³/mol. The van der Waals surface area contributed by atoms with Crippen molar-refractivity contribution < 1.29 is 0 Å². The van der Waals surface area contributed by atoms with Gasteiger partial charge in [0.05, 0.1) is 6.54 Å². The lowest BCUT2D eigenvalue weighted by atomic mass is 9.96. The Labute approximate surface area is 189 Å². The third kappa shape index (κ3) is 5.86. The molecule has 2 heterocycles. The van der Waals surface area contributed by atoms with E-state index in [9.17, 15) is 0 Å². The largest absolute Gasteiger partial charge is 0.357 e. The molecule has 1 aromatic carbocycles. The van der Waals surface area contributed by atoms with Crippen molar-refractivity contribution in [2.45, 2.75) is 25.2 Å². The molecule has 2 aromatic rings. The highest BCUT2D eigenvalue weighted by Gasteiger charge is 2.44. The predicted octanol–water partition coefficient (Wildman–Crippen LogP) is 2.54. The Bertz CT molecular complexity index is 861. The summed E-state index contributed by atoms with van der Waals surface area (Å²) in [6, 6.07) is 10.1. The normalized spacial score (nSPS) is 18.6. The van der Waals surface area contributed by atoms with E-state index in [1.807, 2.05) is 18.2 Å². The summed E-state index contributed by atoms with van der Waals surface area (Å²) in [6.45, 7) is 9.57. The summed E-state index contributed by atoms with van der Waals surface area (Å²) in [4.78, 5) is 18.3. The number of guanidine groups is 1. The molecule has 0 atom stereocenters. The van der Waals surface area contributed by atoms with Gasteiger partial charge in [0.15, 0.2) is 5.96 Å². The highest BCUT2D eigenvalue weighted by molar-refractivity contribution is 6.30. The third-order valence-corrected chi connectivity index (χ3v) is 6.34. The summed E-state index contributed by atoms with van der Waals surface area (Å²) >= 11 is 6.20. The monoisotopic (exact) mass is 441 g/mol. The molecule has 1 aliphatic carbocycles. The first-order valence-electron chi connectivity index (χ1n) is 11.2. The van der Waals surface area contributed by atoms with Gasteiger partial charge in [0.2, 0.25) is 5.95 Å². The van der Waals surface area contributed by atoms with E-state index >= 15 is 0 Å². The molecule has 4 rings (SSSR count). The van der Waals surface area contributed by atoms with Crippen molar-refractivity contribution >= 4 is 23.5 Å². The molecule has 0 spiro atoms. The van der Waals surface area contributed by atoms with E-state index in [-0.39, 0.29) is 5.41 Å². The van der Waals surface area contributed by atoms with Crippen molar-refractivity contribution in [3.63, 3.8) is 0 Å². The number of hydrogen-bond acceptors (Lipinski definition) is 5. The molecule has 0 unspecified atom stereocenters. The fourth-order valence-corrected chi connectivity index (χ4v) is 4.23. The van der Waals surface area contributed by atoms with E-state index in [1.165, 1.54) is 18.4 Å². The number of anilines is 1. The average molecular weight is 442 g/mol. The maximum absolute atomic E-state index is 6.20. The smallest absolute Gasteiger partial charge is 0.225 e. The lowest BCUT2D eigenvalue weighted by Crippen LogP contribution is -2.49. The lowest BCUT2D eigenvalue weighted by molar-refractivity contribution is 0.260. The molecular formula is C23H32ClN7. The minimum Gasteiger partial charge on any atom is -0.357 e. The van der Waals surface area contributed by atoms with Crippen LogP contribution in [0.15, 0.2) is 47.7 Å². The Morgan fingerprint density at radius 2 is 1.87 bits per heavy atom. The van der Waals surface area contributed by atoms with E-state index in [1.54, 1.807) is 12.4 Å². The lowest BCUT2D eigenvalue weighted by Gasteiger charge is -2.34. The van der Waals surface area contributed by atoms with Crippen LogP contribution in [0.2, 0.25) is 5.02 Å². The number of hydrogen-bond donors (Lipinski definition) is 2. The second-order valence-electron chi connectivity index (χ2n) is 8.29. The van der Waals surface area contributed by atoms with E-state index in [0.29, 0.717) is 0 Å². The van der Waals surface area contributed by atoms with Crippen LogP contribution in [0.25, 0.3) is 0 Å². The summed E-state index contributed by atoms with van der Waals surface area (Å²) in [5.41, 5.74) is 1.46. The van der Waals surface area contributed by atoms with Crippen molar-refractivity contribution in [3.05, 3.63) is 53.3 Å². The van der Waals surface area contributed by atoms with Crippen molar-refractivity contribution in [2.24, 2.45) is 4.99 Å². The summed E-state index contributed by atoms with van der Waals surface area (Å²) < 4.78 is 0. The number of rotatable bonds is 8. The first-order valence-corrected chi connectivity index (χ1v) is 11.6. The molecular weight excluding hydrogens is 410 g/mol. The fourth-order valence-electron chi connectivity index (χ4n) is 4.04. The van der Waals surface area contributed by atoms with Crippen LogP contribution in [-0.4, -0.2) is 73.2 Å². The van der Waals surface area contributed by atoms with Gasteiger partial charge in [-0.1, -0.05) is 23.7 Å². The number of aromatic nitrogens is 2. The van der Waals surface area contributed by atoms with Crippen LogP contribution < -0.4 is 15.5 Å². The van der Waals surface area contributed by atoms with Gasteiger partial charge in [-0.15, -0.1) is 0 Å². The number of benzene rings is 1. The van der Waals surface area contributed by atoms with Gasteiger partial charge in [-0.3, -0.25) is 9.89 Å². The Hall–Kier alpha value is -2.38. The summed E-state index contributed by atoms with van der Waals surface area (Å²) in [5, 5.41) is 7.69. The number of aliphatic imine (C=N–C) groups is 1. The SMILES string of the molecule is CCNC(=NCC1(c2cccc(Cl)c2)CC1)NCCN1CCN(c2ncccn2)CC1. The highest BCUT2D eigenvalue weighted by atomic mass is 35.5. The molecule has 166 valence electrons. The molecule has 7 nitrogen and oxygen atoms in total. The maximum atomic E-state index is 6.20. The Morgan fingerprint density at radius 3 is 2.55 bits per heavy atom. The van der Waals surface area contributed by atoms with Gasteiger partial charge in [-0.05, 0) is 43.5 Å². The minimum absolute atomic E-state index is 0.156. The molecule has 0 bridgehead atoms. The molecule has 8 heteroatoms. The molecule has 2 fully saturated rings. The van der Waals surface area contributed by atoms with Crippen LogP contribution in [0, 0.1) is 0 Å². The van der Waals surface area contributed by atoms with Crippen LogP contribution in [0.5, 0.6) is 0 Å². The third-order valence-electron chi connectivity index (χ3n) is 6.10. The second kappa shape index (κ2) is 10.3. The summed E-state index contributed by atoms with van der Waals surface area (Å²) in [5.74, 6) is 1.72. The molecule has 1 aliphatic heterocycles. The van der Waals surface area contributed by atoms with Crippen LogP contribution in [0.1, 0.15) is 25.3 Å². The summed E-state index contributed by atoms with van der Waals surface area (Å²) in [7, 11) is 0. The molecule has 1 aromatic heterocycles. The van der Waals surface area contributed by atoms with Gasteiger partial charge in [0.1, 0.15) is 0 Å². The van der Waals surface area contributed by atoms with E-state index in [4.69, 9.17) is 16.6 Å². The Balaban J connectivity index is 1.24. The topological polar surface area (TPSA) is 68.7 Å². The van der Waals surface area contributed by atoms with Crippen molar-refractivity contribution in [2.75, 3.05) is 57.3 Å². The van der Waals surface area contributed by atoms with Crippen molar-refractivity contribution in [1.29, 1.82) is 0 Å². The summed E-state index contributed by atoms with van der Waals surface area (Å²) in [6.07, 6.45) is 5.95. The zero-order chi connectivity index (χ0) is 21.5. The molecule has 1 saturated heterocycles. The average Bonchev–Trinajstić information content (AvgIpc) is 3.60. The van der Waals surface area contributed by atoms with Gasteiger partial charge in [-0.2, -0.15) is 0 Å². The van der Waals surface area contributed by atoms with Crippen LogP contribution in [-0.2, 0) is 5.41 Å². The first kappa shape index (κ1) is 21.8. The van der Waals surface area contributed by atoms with Crippen LogP contribution in [0.3, 0.4) is 0 Å². The van der Waals surface area contributed by atoms with Crippen LogP contribution in [0.4, 0.5) is 5.95 Å². The number of nitrogens with zero attached hydrogens (tertiary/aromatic N) is 5. The molecule has 1 saturated carbocycles. The van der Waals surface area contributed by atoms with E-state index in [2.05, 4.69) is 49.5 Å². The quantitative estimate of drug-likeness (QED) is 0.484. The van der Waals surface area contributed by atoms with E-state index in [0.717, 1.165) is 69.3 Å². The maximum Gasteiger partial charge on any atom is 0.225 e. The van der Waals surface area contributed by atoms with E-state index < -0.39 is 0 Å². The fraction of sp³-hybridized carbons (Fsp3) is 0.522. The zero-order valence-corrected chi connectivity index (χ0v) is 19.0. The van der Waals surface area contributed by atoms with Gasteiger partial charge >= 0.3 is 0 Å². The van der Waals surface area contributed by atoms with Gasteiger partial charge in [0, 0.05) is 68.6 Å². The zero-order valence-electron chi connectivity index (χ0n) is 18.2. The first-order chi connectivity index (χ1) is 15.2. The second-order valence-corrected chi connectivity index (χ2v) is 8.73. The molecule has 0 radical (unpaired) electrons. The molecule has 2 aliphatic rings. The number of nitrogens with one attached hydrogen (secondary N) is 2.